The molecule has 5 heteroatoms. The van der Waals surface area contributed by atoms with Gasteiger partial charge in [0, 0.05) is 6.07 Å². The van der Waals surface area contributed by atoms with Gasteiger partial charge in [0.1, 0.15) is 10.9 Å². The number of aromatic nitrogens is 1. The third kappa shape index (κ3) is 3.36. The molecule has 0 bridgehead atoms. The van der Waals surface area contributed by atoms with E-state index >= 15 is 0 Å². The summed E-state index contributed by atoms with van der Waals surface area (Å²) < 4.78 is 5.51. The first-order chi connectivity index (χ1) is 8.28. The van der Waals surface area contributed by atoms with E-state index in [2.05, 4.69) is 27.4 Å². The van der Waals surface area contributed by atoms with Crippen LogP contribution in [0, 0.1) is 0 Å². The molecule has 0 aliphatic rings. The average molecular weight is 263 g/mol. The zero-order chi connectivity index (χ0) is 12.1. The predicted molar refractivity (Wildman–Crippen MR) is 70.4 cm³/mol. The van der Waals surface area contributed by atoms with Crippen LogP contribution in [-0.4, -0.2) is 10.1 Å². The molecule has 1 aromatic carbocycles. The van der Waals surface area contributed by atoms with Gasteiger partial charge in [-0.2, -0.15) is 4.99 Å². The number of ether oxygens (including phenoxy) is 1. The van der Waals surface area contributed by atoms with E-state index in [9.17, 15) is 0 Å². The Morgan fingerprint density at radius 3 is 2.59 bits per heavy atom. The molecule has 0 saturated carbocycles. The number of nitrogens with zero attached hydrogens (tertiary/aromatic N) is 2. The second-order valence-electron chi connectivity index (χ2n) is 3.10. The highest BCUT2D eigenvalue weighted by Gasteiger charge is 1.99. The number of halogens is 1. The maximum Gasteiger partial charge on any atom is 0.220 e. The number of rotatable bonds is 3. The molecular formula is C12H7ClN2OS. The van der Waals surface area contributed by atoms with E-state index in [4.69, 9.17) is 16.3 Å². The average Bonchev–Trinajstić information content (AvgIpc) is 2.32. The molecule has 17 heavy (non-hydrogen) atoms. The lowest BCUT2D eigenvalue weighted by Gasteiger charge is -2.04. The fourth-order valence-corrected chi connectivity index (χ4v) is 1.47. The van der Waals surface area contributed by atoms with Crippen molar-refractivity contribution in [1.29, 1.82) is 0 Å². The van der Waals surface area contributed by atoms with Crippen LogP contribution in [0.1, 0.15) is 0 Å². The van der Waals surface area contributed by atoms with Gasteiger partial charge in [-0.15, -0.1) is 0 Å². The van der Waals surface area contributed by atoms with Crippen molar-refractivity contribution in [2.75, 3.05) is 0 Å². The molecule has 0 N–H and O–H groups in total. The van der Waals surface area contributed by atoms with Crippen LogP contribution in [0.2, 0.25) is 5.15 Å². The lowest BCUT2D eigenvalue weighted by Crippen LogP contribution is -1.86. The molecule has 0 atom stereocenters. The fraction of sp³-hybridized carbons (Fsp3) is 0. The first-order valence-electron chi connectivity index (χ1n) is 4.76. The number of aliphatic imine (C=N–C) groups is 1. The predicted octanol–water partition coefficient (Wildman–Crippen LogP) is 4.26. The number of benzene rings is 1. The highest BCUT2D eigenvalue weighted by molar-refractivity contribution is 7.78. The summed E-state index contributed by atoms with van der Waals surface area (Å²) >= 11 is 10.3. The molecule has 1 heterocycles. The van der Waals surface area contributed by atoms with E-state index in [1.165, 1.54) is 0 Å². The van der Waals surface area contributed by atoms with Crippen molar-refractivity contribution in [3.63, 3.8) is 0 Å². The van der Waals surface area contributed by atoms with Gasteiger partial charge in [-0.05, 0) is 42.5 Å². The molecule has 0 spiro atoms. The van der Waals surface area contributed by atoms with Gasteiger partial charge in [-0.25, -0.2) is 4.98 Å². The minimum absolute atomic E-state index is 0.393. The van der Waals surface area contributed by atoms with Crippen molar-refractivity contribution < 1.29 is 4.74 Å². The Bertz CT molecular complexity index is 565. The summed E-state index contributed by atoms with van der Waals surface area (Å²) in [6.07, 6.45) is 0. The van der Waals surface area contributed by atoms with E-state index in [1.807, 2.05) is 0 Å². The van der Waals surface area contributed by atoms with E-state index in [0.717, 1.165) is 5.69 Å². The number of hydrogen-bond donors (Lipinski definition) is 0. The van der Waals surface area contributed by atoms with Gasteiger partial charge in [0.15, 0.2) is 0 Å². The molecule has 0 saturated heterocycles. The summed E-state index contributed by atoms with van der Waals surface area (Å²) in [5.74, 6) is 1.10. The minimum Gasteiger partial charge on any atom is -0.439 e. The highest BCUT2D eigenvalue weighted by Crippen LogP contribution is 2.23. The quantitative estimate of drug-likeness (QED) is 0.471. The van der Waals surface area contributed by atoms with E-state index < -0.39 is 0 Å². The van der Waals surface area contributed by atoms with Crippen molar-refractivity contribution in [2.45, 2.75) is 0 Å². The van der Waals surface area contributed by atoms with Gasteiger partial charge >= 0.3 is 0 Å². The van der Waals surface area contributed by atoms with Crippen LogP contribution in [0.25, 0.3) is 0 Å². The smallest absolute Gasteiger partial charge is 0.220 e. The molecule has 0 aliphatic carbocycles. The lowest BCUT2D eigenvalue weighted by atomic mass is 10.3. The summed E-state index contributed by atoms with van der Waals surface area (Å²) in [5, 5.41) is 2.69. The second kappa shape index (κ2) is 5.55. The Morgan fingerprint density at radius 2 is 1.94 bits per heavy atom. The Hall–Kier alpha value is -1.74. The number of thiocarbonyl (C=S) groups is 1. The van der Waals surface area contributed by atoms with Gasteiger partial charge in [0.05, 0.1) is 10.8 Å². The molecule has 0 radical (unpaired) electrons. The fourth-order valence-electron chi connectivity index (χ4n) is 1.21. The SMILES string of the molecule is S=C=Nc1ccc(Oc2cccc(Cl)n2)cc1. The topological polar surface area (TPSA) is 34.5 Å². The third-order valence-corrected chi connectivity index (χ3v) is 2.23. The molecule has 1 aromatic heterocycles. The van der Waals surface area contributed by atoms with Crippen LogP contribution in [0.5, 0.6) is 11.6 Å². The summed E-state index contributed by atoms with van der Waals surface area (Å²) in [6, 6.07) is 12.3. The molecule has 2 aromatic rings. The first kappa shape index (κ1) is 11.7. The lowest BCUT2D eigenvalue weighted by molar-refractivity contribution is 0.463. The summed E-state index contributed by atoms with van der Waals surface area (Å²) in [6.45, 7) is 0. The van der Waals surface area contributed by atoms with Crippen LogP contribution in [0.4, 0.5) is 5.69 Å². The molecule has 2 rings (SSSR count). The van der Waals surface area contributed by atoms with Crippen molar-refractivity contribution in [3.05, 3.63) is 47.6 Å². The largest absolute Gasteiger partial charge is 0.439 e. The maximum absolute atomic E-state index is 5.75. The van der Waals surface area contributed by atoms with Gasteiger partial charge < -0.3 is 4.74 Å². The Kier molecular flexibility index (Phi) is 3.83. The Labute approximate surface area is 109 Å². The van der Waals surface area contributed by atoms with Crippen LogP contribution in [0.15, 0.2) is 47.5 Å². The number of isothiocyanates is 1. The Morgan fingerprint density at radius 1 is 1.18 bits per heavy atom. The van der Waals surface area contributed by atoms with Gasteiger partial charge in [-0.3, -0.25) is 0 Å². The van der Waals surface area contributed by atoms with Crippen molar-refractivity contribution in [3.8, 4) is 11.6 Å². The maximum atomic E-state index is 5.75. The molecule has 0 fully saturated rings. The zero-order valence-electron chi connectivity index (χ0n) is 8.63. The van der Waals surface area contributed by atoms with Crippen molar-refractivity contribution >= 4 is 34.7 Å². The van der Waals surface area contributed by atoms with Crippen molar-refractivity contribution in [1.82, 2.24) is 4.98 Å². The molecule has 0 amide bonds. The summed E-state index contributed by atoms with van der Waals surface area (Å²) in [4.78, 5) is 7.86. The van der Waals surface area contributed by atoms with E-state index in [-0.39, 0.29) is 0 Å². The third-order valence-electron chi connectivity index (χ3n) is 1.92. The summed E-state index contributed by atoms with van der Waals surface area (Å²) in [7, 11) is 0. The summed E-state index contributed by atoms with van der Waals surface area (Å²) in [5.41, 5.74) is 0.728. The molecule has 0 unspecified atom stereocenters. The zero-order valence-corrected chi connectivity index (χ0v) is 10.2. The second-order valence-corrected chi connectivity index (χ2v) is 3.67. The van der Waals surface area contributed by atoms with Crippen molar-refractivity contribution in [2.24, 2.45) is 4.99 Å². The van der Waals surface area contributed by atoms with Gasteiger partial charge in [0.25, 0.3) is 0 Å². The minimum atomic E-state index is 0.393. The van der Waals surface area contributed by atoms with E-state index in [0.29, 0.717) is 16.8 Å². The molecule has 3 nitrogen and oxygen atoms in total. The molecule has 84 valence electrons. The first-order valence-corrected chi connectivity index (χ1v) is 5.55. The van der Waals surface area contributed by atoms with Crippen LogP contribution >= 0.6 is 23.8 Å². The van der Waals surface area contributed by atoms with Gasteiger partial charge in [-0.1, -0.05) is 17.7 Å². The monoisotopic (exact) mass is 262 g/mol. The van der Waals surface area contributed by atoms with Crippen LogP contribution in [-0.2, 0) is 0 Å². The van der Waals surface area contributed by atoms with Gasteiger partial charge in [0.2, 0.25) is 5.88 Å². The number of pyridine rings is 1. The van der Waals surface area contributed by atoms with Crippen LogP contribution in [0.3, 0.4) is 0 Å². The molecule has 0 aliphatic heterocycles. The highest BCUT2D eigenvalue weighted by atomic mass is 35.5. The normalized spacial score (nSPS) is 9.47. The van der Waals surface area contributed by atoms with Crippen LogP contribution < -0.4 is 4.74 Å². The van der Waals surface area contributed by atoms with E-state index in [1.54, 1.807) is 42.5 Å². The standard InChI is InChI=1S/C12H7ClN2OS/c13-11-2-1-3-12(15-11)16-10-6-4-9(5-7-10)14-8-17/h1-7H. The number of hydrogen-bond acceptors (Lipinski definition) is 4. The molecular weight excluding hydrogens is 256 g/mol. The Balaban J connectivity index is 2.16.